The lowest BCUT2D eigenvalue weighted by Gasteiger charge is -2.05. The molecule has 2 aromatic carbocycles. The average Bonchev–Trinajstić information content (AvgIpc) is 2.57. The molecule has 0 atom stereocenters. The zero-order valence-electron chi connectivity index (χ0n) is 12.9. The molecule has 2 amide bonds. The minimum atomic E-state index is -0.368. The fourth-order valence-electron chi connectivity index (χ4n) is 1.82. The summed E-state index contributed by atoms with van der Waals surface area (Å²) in [6, 6.07) is 12.1. The first kappa shape index (κ1) is 19.4. The lowest BCUT2D eigenvalue weighted by Crippen LogP contribution is -2.20. The van der Waals surface area contributed by atoms with Crippen LogP contribution >= 0.6 is 39.1 Å². The summed E-state index contributed by atoms with van der Waals surface area (Å²) in [5, 5.41) is 7.47. The molecule has 25 heavy (non-hydrogen) atoms. The van der Waals surface area contributed by atoms with Crippen LogP contribution in [0.5, 0.6) is 0 Å². The first-order valence-corrected chi connectivity index (χ1v) is 8.81. The summed E-state index contributed by atoms with van der Waals surface area (Å²) in [7, 11) is 0. The van der Waals surface area contributed by atoms with Gasteiger partial charge < -0.3 is 5.32 Å². The molecule has 0 aliphatic carbocycles. The predicted octanol–water partition coefficient (Wildman–Crippen LogP) is 4.62. The first-order valence-electron chi connectivity index (χ1n) is 7.26. The molecule has 0 bridgehead atoms. The van der Waals surface area contributed by atoms with E-state index in [4.69, 9.17) is 23.2 Å². The molecule has 5 nitrogen and oxygen atoms in total. The maximum atomic E-state index is 11.8. The van der Waals surface area contributed by atoms with Crippen LogP contribution in [-0.2, 0) is 9.59 Å². The largest absolute Gasteiger partial charge is 0.326 e. The van der Waals surface area contributed by atoms with Gasteiger partial charge in [0.1, 0.15) is 0 Å². The van der Waals surface area contributed by atoms with Gasteiger partial charge >= 0.3 is 0 Å². The highest BCUT2D eigenvalue weighted by molar-refractivity contribution is 9.10. The maximum absolute atomic E-state index is 11.8. The highest BCUT2D eigenvalue weighted by Crippen LogP contribution is 2.19. The van der Waals surface area contributed by atoms with E-state index in [-0.39, 0.29) is 24.7 Å². The zero-order chi connectivity index (χ0) is 18.2. The van der Waals surface area contributed by atoms with Crippen molar-refractivity contribution in [2.24, 2.45) is 5.10 Å². The van der Waals surface area contributed by atoms with Crippen LogP contribution < -0.4 is 10.7 Å². The summed E-state index contributed by atoms with van der Waals surface area (Å²) >= 11 is 15.1. The molecule has 130 valence electrons. The monoisotopic (exact) mass is 441 g/mol. The van der Waals surface area contributed by atoms with Crippen LogP contribution in [0.4, 0.5) is 5.69 Å². The van der Waals surface area contributed by atoms with Crippen LogP contribution in [0, 0.1) is 0 Å². The average molecular weight is 443 g/mol. The van der Waals surface area contributed by atoms with Crippen molar-refractivity contribution in [1.29, 1.82) is 0 Å². The number of hydrogen-bond donors (Lipinski definition) is 2. The number of nitrogens with zero attached hydrogens (tertiary/aromatic N) is 1. The zero-order valence-corrected chi connectivity index (χ0v) is 16.0. The second-order valence-electron chi connectivity index (χ2n) is 5.01. The normalized spacial score (nSPS) is 10.7. The summed E-state index contributed by atoms with van der Waals surface area (Å²) in [4.78, 5) is 23.5. The van der Waals surface area contributed by atoms with Crippen molar-refractivity contribution in [2.75, 3.05) is 5.32 Å². The minimum Gasteiger partial charge on any atom is -0.326 e. The molecule has 0 heterocycles. The number of rotatable bonds is 6. The van der Waals surface area contributed by atoms with Crippen molar-refractivity contribution < 1.29 is 9.59 Å². The van der Waals surface area contributed by atoms with Gasteiger partial charge in [0.15, 0.2) is 0 Å². The molecule has 0 unspecified atom stereocenters. The van der Waals surface area contributed by atoms with E-state index in [0.29, 0.717) is 21.3 Å². The Balaban J connectivity index is 1.75. The number of benzene rings is 2. The Morgan fingerprint density at radius 3 is 2.40 bits per heavy atom. The lowest BCUT2D eigenvalue weighted by molar-refractivity contribution is -0.124. The third-order valence-corrected chi connectivity index (χ3v) is 4.15. The molecule has 0 spiro atoms. The standard InChI is InChI=1S/C17H14BrCl2N3O2/c18-12-2-5-14(6-3-12)22-16(24)7-8-17(25)23-21-10-11-1-4-13(19)9-15(11)20/h1-6,9-10H,7-8H2,(H,22,24)(H,23,25)/b21-10+. The second-order valence-corrected chi connectivity index (χ2v) is 6.77. The van der Waals surface area contributed by atoms with Gasteiger partial charge in [-0.2, -0.15) is 5.10 Å². The van der Waals surface area contributed by atoms with Crippen molar-refractivity contribution in [3.8, 4) is 0 Å². The SMILES string of the molecule is O=C(CCC(=O)Nc1ccc(Br)cc1)N/N=C/c1ccc(Cl)cc1Cl. The first-order chi connectivity index (χ1) is 11.9. The van der Waals surface area contributed by atoms with E-state index in [1.165, 1.54) is 6.21 Å². The van der Waals surface area contributed by atoms with Crippen molar-refractivity contribution in [3.05, 3.63) is 62.5 Å². The fraction of sp³-hybridized carbons (Fsp3) is 0.118. The minimum absolute atomic E-state index is 0.0219. The molecular weight excluding hydrogens is 429 g/mol. The second kappa shape index (κ2) is 9.56. The summed E-state index contributed by atoms with van der Waals surface area (Å²) in [5.74, 6) is -0.616. The quantitative estimate of drug-likeness (QED) is 0.505. The third-order valence-electron chi connectivity index (χ3n) is 3.06. The molecule has 0 aliphatic heterocycles. The Hall–Kier alpha value is -1.89. The van der Waals surface area contributed by atoms with Crippen LogP contribution in [0.25, 0.3) is 0 Å². The smallest absolute Gasteiger partial charge is 0.240 e. The molecule has 0 radical (unpaired) electrons. The number of carbonyl (C=O) groups excluding carboxylic acids is 2. The molecule has 0 saturated heterocycles. The van der Waals surface area contributed by atoms with E-state index in [0.717, 1.165) is 4.47 Å². The van der Waals surface area contributed by atoms with Gasteiger partial charge in [-0.15, -0.1) is 0 Å². The Morgan fingerprint density at radius 2 is 1.72 bits per heavy atom. The highest BCUT2D eigenvalue weighted by Gasteiger charge is 2.07. The number of hydrazone groups is 1. The van der Waals surface area contributed by atoms with Gasteiger partial charge in [-0.25, -0.2) is 5.43 Å². The Kier molecular flexibility index (Phi) is 7.43. The molecular formula is C17H14BrCl2N3O2. The molecule has 0 aliphatic rings. The van der Waals surface area contributed by atoms with E-state index in [1.807, 2.05) is 12.1 Å². The topological polar surface area (TPSA) is 70.6 Å². The summed E-state index contributed by atoms with van der Waals surface area (Å²) in [6.45, 7) is 0. The molecule has 2 N–H and O–H groups in total. The van der Waals surface area contributed by atoms with Gasteiger partial charge in [0.25, 0.3) is 0 Å². The number of carbonyl (C=O) groups is 2. The van der Waals surface area contributed by atoms with Crippen LogP contribution in [0.15, 0.2) is 52.0 Å². The van der Waals surface area contributed by atoms with Crippen molar-refractivity contribution >= 4 is 62.8 Å². The Labute approximate surface area is 163 Å². The highest BCUT2D eigenvalue weighted by atomic mass is 79.9. The number of hydrogen-bond acceptors (Lipinski definition) is 3. The van der Waals surface area contributed by atoms with Gasteiger partial charge in [-0.05, 0) is 36.4 Å². The predicted molar refractivity (Wildman–Crippen MR) is 104 cm³/mol. The van der Waals surface area contributed by atoms with Gasteiger partial charge in [0, 0.05) is 33.6 Å². The van der Waals surface area contributed by atoms with Crippen LogP contribution in [0.2, 0.25) is 10.0 Å². The maximum Gasteiger partial charge on any atom is 0.240 e. The van der Waals surface area contributed by atoms with Crippen molar-refractivity contribution in [3.63, 3.8) is 0 Å². The van der Waals surface area contributed by atoms with E-state index >= 15 is 0 Å². The summed E-state index contributed by atoms with van der Waals surface area (Å²) in [6.07, 6.45) is 1.49. The summed E-state index contributed by atoms with van der Waals surface area (Å²) in [5.41, 5.74) is 3.65. The lowest BCUT2D eigenvalue weighted by atomic mass is 10.2. The van der Waals surface area contributed by atoms with E-state index in [9.17, 15) is 9.59 Å². The van der Waals surface area contributed by atoms with Crippen LogP contribution in [0.3, 0.4) is 0 Å². The molecule has 2 aromatic rings. The fourth-order valence-corrected chi connectivity index (χ4v) is 2.54. The van der Waals surface area contributed by atoms with Gasteiger partial charge in [-0.3, -0.25) is 9.59 Å². The molecule has 0 aromatic heterocycles. The van der Waals surface area contributed by atoms with Gasteiger partial charge in [0.05, 0.1) is 11.2 Å². The Morgan fingerprint density at radius 1 is 1.04 bits per heavy atom. The van der Waals surface area contributed by atoms with Gasteiger partial charge in [0.2, 0.25) is 11.8 Å². The number of amides is 2. The van der Waals surface area contributed by atoms with Crippen LogP contribution in [-0.4, -0.2) is 18.0 Å². The van der Waals surface area contributed by atoms with Gasteiger partial charge in [-0.1, -0.05) is 45.2 Å². The molecule has 0 saturated carbocycles. The number of nitrogens with one attached hydrogen (secondary N) is 2. The third kappa shape index (κ3) is 6.86. The van der Waals surface area contributed by atoms with Crippen LogP contribution in [0.1, 0.15) is 18.4 Å². The molecule has 8 heteroatoms. The van der Waals surface area contributed by atoms with Crippen molar-refractivity contribution in [1.82, 2.24) is 5.43 Å². The van der Waals surface area contributed by atoms with E-state index in [2.05, 4.69) is 31.8 Å². The van der Waals surface area contributed by atoms with E-state index in [1.54, 1.807) is 30.3 Å². The van der Waals surface area contributed by atoms with Crippen molar-refractivity contribution in [2.45, 2.75) is 12.8 Å². The Bertz CT molecular complexity index is 795. The summed E-state index contributed by atoms with van der Waals surface area (Å²) < 4.78 is 0.920. The molecule has 0 fully saturated rings. The molecule has 2 rings (SSSR count). The number of anilines is 1. The van der Waals surface area contributed by atoms with E-state index < -0.39 is 0 Å². The number of halogens is 3.